The number of hydrogen-bond donors (Lipinski definition) is 4. The maximum atomic E-state index is 13.4. The van der Waals surface area contributed by atoms with E-state index in [4.69, 9.17) is 15.6 Å². The van der Waals surface area contributed by atoms with Gasteiger partial charge < -0.3 is 21.1 Å². The predicted molar refractivity (Wildman–Crippen MR) is 137 cm³/mol. The average molecular weight is 540 g/mol. The van der Waals surface area contributed by atoms with Crippen LogP contribution in [0.2, 0.25) is 0 Å². The Morgan fingerprint density at radius 3 is 2.14 bits per heavy atom. The van der Waals surface area contributed by atoms with Gasteiger partial charge in [-0.05, 0) is 42.9 Å². The second kappa shape index (κ2) is 13.5. The summed E-state index contributed by atoms with van der Waals surface area (Å²) < 4.78 is 31.7. The Balaban J connectivity index is 0.000000604. The van der Waals surface area contributed by atoms with Crippen LogP contribution in [0.1, 0.15) is 29.5 Å². The molecule has 2 amide bonds. The van der Waals surface area contributed by atoms with Gasteiger partial charge in [-0.2, -0.15) is 25.8 Å². The van der Waals surface area contributed by atoms with Crippen molar-refractivity contribution in [1.82, 2.24) is 10.2 Å². The first-order valence-electron chi connectivity index (χ1n) is 11.7. The average Bonchev–Trinajstić information content (AvgIpc) is 2.88. The lowest BCUT2D eigenvalue weighted by atomic mass is 9.72. The molecule has 0 bridgehead atoms. The summed E-state index contributed by atoms with van der Waals surface area (Å²) in [5.74, 6) is -2.46. The van der Waals surface area contributed by atoms with E-state index in [-0.39, 0.29) is 11.8 Å². The second-order valence-corrected chi connectivity index (χ2v) is 9.33. The van der Waals surface area contributed by atoms with Crippen molar-refractivity contribution in [2.24, 2.45) is 11.1 Å². The van der Waals surface area contributed by atoms with Crippen LogP contribution in [0, 0.1) is 12.3 Å². The zero-order valence-electron chi connectivity index (χ0n) is 20.5. The monoisotopic (exact) mass is 539 g/mol. The molecule has 0 unspecified atom stereocenters. The fourth-order valence-electron chi connectivity index (χ4n) is 4.09. The number of nitrogens with zero attached hydrogens (tertiary/aromatic N) is 1. The lowest BCUT2D eigenvalue weighted by Gasteiger charge is -2.41. The van der Waals surface area contributed by atoms with Crippen molar-refractivity contribution >= 4 is 30.4 Å². The van der Waals surface area contributed by atoms with Crippen LogP contribution >= 0.6 is 12.6 Å². The first-order valence-corrected chi connectivity index (χ1v) is 12.3. The molecule has 0 aromatic heterocycles. The van der Waals surface area contributed by atoms with Crippen molar-refractivity contribution in [3.8, 4) is 0 Å². The molecule has 2 aromatic rings. The summed E-state index contributed by atoms with van der Waals surface area (Å²) in [5, 5.41) is 10.3. The van der Waals surface area contributed by atoms with Gasteiger partial charge in [-0.15, -0.1) is 0 Å². The zero-order valence-corrected chi connectivity index (χ0v) is 21.4. The molecule has 37 heavy (non-hydrogen) atoms. The highest BCUT2D eigenvalue weighted by Gasteiger charge is 2.43. The van der Waals surface area contributed by atoms with Gasteiger partial charge in [-0.3, -0.25) is 9.59 Å². The fourth-order valence-corrected chi connectivity index (χ4v) is 4.25. The number of piperidine rings is 1. The van der Waals surface area contributed by atoms with Crippen LogP contribution in [0.4, 0.5) is 13.2 Å². The highest BCUT2D eigenvalue weighted by molar-refractivity contribution is 7.80. The number of nitrogens with two attached hydrogens (primary N) is 1. The van der Waals surface area contributed by atoms with Crippen molar-refractivity contribution in [3.63, 3.8) is 0 Å². The van der Waals surface area contributed by atoms with Crippen LogP contribution in [0.25, 0.3) is 0 Å². The van der Waals surface area contributed by atoms with Crippen molar-refractivity contribution in [2.75, 3.05) is 18.8 Å². The molecule has 1 heterocycles. The van der Waals surface area contributed by atoms with E-state index in [1.165, 1.54) is 11.1 Å². The highest BCUT2D eigenvalue weighted by atomic mass is 32.1. The number of carboxylic acid groups (broad SMARTS) is 1. The number of halogens is 3. The van der Waals surface area contributed by atoms with Gasteiger partial charge in [0.05, 0.1) is 11.5 Å². The predicted octanol–water partition coefficient (Wildman–Crippen LogP) is 3.35. The summed E-state index contributed by atoms with van der Waals surface area (Å²) in [6.07, 6.45) is -3.18. The number of benzene rings is 2. The number of nitrogens with one attached hydrogen (secondary N) is 1. The first-order chi connectivity index (χ1) is 17.4. The minimum atomic E-state index is -5.08. The molecule has 7 nitrogen and oxygen atoms in total. The highest BCUT2D eigenvalue weighted by Crippen LogP contribution is 2.36. The number of thiol groups is 1. The number of rotatable bonds is 7. The lowest BCUT2D eigenvalue weighted by molar-refractivity contribution is -0.192. The summed E-state index contributed by atoms with van der Waals surface area (Å²) in [5.41, 5.74) is 8.78. The van der Waals surface area contributed by atoms with Gasteiger partial charge in [-0.1, -0.05) is 54.6 Å². The summed E-state index contributed by atoms with van der Waals surface area (Å²) in [7, 11) is 0. The Kier molecular flexibility index (Phi) is 11.0. The molecular formula is C26H32F3N3O4S. The molecule has 1 atom stereocenters. The van der Waals surface area contributed by atoms with Gasteiger partial charge in [0.1, 0.15) is 0 Å². The maximum Gasteiger partial charge on any atom is 0.490 e. The number of aliphatic carboxylic acids is 1. The molecule has 202 valence electrons. The van der Waals surface area contributed by atoms with E-state index in [0.29, 0.717) is 44.6 Å². The third-order valence-electron chi connectivity index (χ3n) is 6.36. The Hall–Kier alpha value is -3.05. The van der Waals surface area contributed by atoms with E-state index in [0.717, 1.165) is 5.56 Å². The summed E-state index contributed by atoms with van der Waals surface area (Å²) in [6.45, 7) is 3.65. The van der Waals surface area contributed by atoms with Gasteiger partial charge >= 0.3 is 12.1 Å². The third kappa shape index (κ3) is 8.78. The molecule has 4 N–H and O–H groups in total. The zero-order chi connectivity index (χ0) is 27.6. The van der Waals surface area contributed by atoms with Gasteiger partial charge in [0.15, 0.2) is 0 Å². The van der Waals surface area contributed by atoms with E-state index in [2.05, 4.69) is 37.0 Å². The molecule has 2 aromatic carbocycles. The number of likely N-dealkylation sites (tertiary alicyclic amines) is 1. The summed E-state index contributed by atoms with van der Waals surface area (Å²) in [6, 6.07) is 17.5. The first kappa shape index (κ1) is 30.2. The molecule has 11 heteroatoms. The lowest BCUT2D eigenvalue weighted by Crippen LogP contribution is -2.54. The van der Waals surface area contributed by atoms with Crippen LogP contribution in [-0.4, -0.2) is 58.9 Å². The summed E-state index contributed by atoms with van der Waals surface area (Å²) >= 11 is 4.14. The van der Waals surface area contributed by atoms with Crippen molar-refractivity contribution in [1.29, 1.82) is 0 Å². The molecule has 0 saturated carbocycles. The molecule has 1 saturated heterocycles. The minimum Gasteiger partial charge on any atom is -0.475 e. The van der Waals surface area contributed by atoms with E-state index >= 15 is 0 Å². The van der Waals surface area contributed by atoms with E-state index in [9.17, 15) is 22.8 Å². The number of aryl methyl sites for hydroxylation is 1. The van der Waals surface area contributed by atoms with Gasteiger partial charge in [0.2, 0.25) is 11.8 Å². The number of amides is 2. The van der Waals surface area contributed by atoms with Crippen LogP contribution in [-0.2, 0) is 27.3 Å². The van der Waals surface area contributed by atoms with Crippen LogP contribution < -0.4 is 11.1 Å². The fraction of sp³-hybridized carbons (Fsp3) is 0.423. The Labute approximate surface area is 219 Å². The van der Waals surface area contributed by atoms with E-state index in [1.807, 2.05) is 42.5 Å². The molecule has 1 aliphatic heterocycles. The SMILES string of the molecule is Cc1ccccc1CC1(C(=O)NCc2ccccc2)CCN(C(=O)[C@@H](N)CS)CC1.O=C(O)C(F)(F)F. The molecule has 3 rings (SSSR count). The van der Waals surface area contributed by atoms with E-state index < -0.39 is 23.6 Å². The molecule has 0 spiro atoms. The Bertz CT molecular complexity index is 1060. The Morgan fingerprint density at radius 1 is 1.08 bits per heavy atom. The largest absolute Gasteiger partial charge is 0.490 e. The maximum absolute atomic E-state index is 13.4. The van der Waals surface area contributed by atoms with Gasteiger partial charge in [-0.25, -0.2) is 4.79 Å². The van der Waals surface area contributed by atoms with Gasteiger partial charge in [0, 0.05) is 25.4 Å². The van der Waals surface area contributed by atoms with Crippen molar-refractivity contribution in [3.05, 3.63) is 71.3 Å². The van der Waals surface area contributed by atoms with E-state index in [1.54, 1.807) is 4.90 Å². The third-order valence-corrected chi connectivity index (χ3v) is 6.75. The quantitative estimate of drug-likeness (QED) is 0.403. The number of carbonyl (C=O) groups is 3. The normalized spacial score (nSPS) is 15.7. The number of carboxylic acids is 1. The van der Waals surface area contributed by atoms with Crippen LogP contribution in [0.5, 0.6) is 0 Å². The molecular weight excluding hydrogens is 507 g/mol. The molecule has 1 fully saturated rings. The van der Waals surface area contributed by atoms with Crippen molar-refractivity contribution in [2.45, 2.75) is 44.9 Å². The minimum absolute atomic E-state index is 0.0557. The smallest absolute Gasteiger partial charge is 0.475 e. The second-order valence-electron chi connectivity index (χ2n) is 8.97. The topological polar surface area (TPSA) is 113 Å². The standard InChI is InChI=1S/C24H31N3O2S.C2HF3O2/c1-18-7-5-6-10-20(18)15-24(23(29)26-16-19-8-3-2-4-9-19)11-13-27(14-12-24)22(28)21(25)17-30;3-2(4,5)1(6)7/h2-10,21,30H,11-17,25H2,1H3,(H,26,29);(H,6,7)/t21-;/m0./s1. The molecule has 0 aliphatic carbocycles. The van der Waals surface area contributed by atoms with Crippen LogP contribution in [0.15, 0.2) is 54.6 Å². The summed E-state index contributed by atoms with van der Waals surface area (Å²) in [4.78, 5) is 36.6. The molecule has 1 aliphatic rings. The molecule has 0 radical (unpaired) electrons. The van der Waals surface area contributed by atoms with Gasteiger partial charge in [0.25, 0.3) is 0 Å². The number of hydrogen-bond acceptors (Lipinski definition) is 5. The van der Waals surface area contributed by atoms with Crippen molar-refractivity contribution < 1.29 is 32.7 Å². The van der Waals surface area contributed by atoms with Crippen LogP contribution in [0.3, 0.4) is 0 Å². The number of alkyl halides is 3. The Morgan fingerprint density at radius 2 is 1.62 bits per heavy atom. The number of carbonyl (C=O) groups excluding carboxylic acids is 2.